The minimum absolute atomic E-state index is 0.127. The van der Waals surface area contributed by atoms with Crippen molar-refractivity contribution >= 4 is 17.3 Å². The normalized spacial score (nSPS) is 11.9. The van der Waals surface area contributed by atoms with Crippen LogP contribution in [0.25, 0.3) is 0 Å². The first-order valence-corrected chi connectivity index (χ1v) is 5.77. The summed E-state index contributed by atoms with van der Waals surface area (Å²) in [5.41, 5.74) is 6.56. The van der Waals surface area contributed by atoms with Crippen molar-refractivity contribution in [3.8, 4) is 0 Å². The molecule has 1 amide bonds. The SMILES string of the molecule is CCCC(N)C(=O)Nc1cc(C)ccc1[N+](=O)[O-]. The van der Waals surface area contributed by atoms with Crippen molar-refractivity contribution in [3.63, 3.8) is 0 Å². The van der Waals surface area contributed by atoms with Gasteiger partial charge in [-0.05, 0) is 25.0 Å². The number of nitro benzene ring substituents is 1. The van der Waals surface area contributed by atoms with E-state index in [1.807, 2.05) is 6.92 Å². The van der Waals surface area contributed by atoms with Crippen LogP contribution in [0.5, 0.6) is 0 Å². The molecular weight excluding hydrogens is 234 g/mol. The van der Waals surface area contributed by atoms with Gasteiger partial charge in [-0.25, -0.2) is 0 Å². The van der Waals surface area contributed by atoms with Gasteiger partial charge in [0.25, 0.3) is 5.69 Å². The fourth-order valence-electron chi connectivity index (χ4n) is 1.58. The van der Waals surface area contributed by atoms with Gasteiger partial charge < -0.3 is 11.1 Å². The maximum Gasteiger partial charge on any atom is 0.292 e. The van der Waals surface area contributed by atoms with Crippen LogP contribution < -0.4 is 11.1 Å². The van der Waals surface area contributed by atoms with Gasteiger partial charge in [0.15, 0.2) is 0 Å². The Hall–Kier alpha value is -1.95. The molecule has 3 N–H and O–H groups in total. The number of rotatable bonds is 5. The highest BCUT2D eigenvalue weighted by atomic mass is 16.6. The van der Waals surface area contributed by atoms with Crippen LogP contribution >= 0.6 is 0 Å². The summed E-state index contributed by atoms with van der Waals surface area (Å²) in [6, 6.07) is 3.92. The monoisotopic (exact) mass is 251 g/mol. The molecule has 0 fully saturated rings. The summed E-state index contributed by atoms with van der Waals surface area (Å²) in [4.78, 5) is 22.0. The second-order valence-electron chi connectivity index (χ2n) is 4.16. The zero-order valence-electron chi connectivity index (χ0n) is 10.5. The van der Waals surface area contributed by atoms with Gasteiger partial charge in [0.05, 0.1) is 11.0 Å². The zero-order chi connectivity index (χ0) is 13.7. The molecule has 0 saturated heterocycles. The third-order valence-corrected chi connectivity index (χ3v) is 2.54. The number of anilines is 1. The number of hydrogen-bond acceptors (Lipinski definition) is 4. The van der Waals surface area contributed by atoms with Crippen molar-refractivity contribution in [3.05, 3.63) is 33.9 Å². The molecular formula is C12H17N3O3. The molecule has 1 unspecified atom stereocenters. The Balaban J connectivity index is 2.92. The number of benzene rings is 1. The summed E-state index contributed by atoms with van der Waals surface area (Å²) in [5.74, 6) is -0.398. The summed E-state index contributed by atoms with van der Waals surface area (Å²) in [7, 11) is 0. The Bertz CT molecular complexity index is 460. The third kappa shape index (κ3) is 3.53. The van der Waals surface area contributed by atoms with Gasteiger partial charge in [-0.3, -0.25) is 14.9 Å². The fourth-order valence-corrected chi connectivity index (χ4v) is 1.58. The highest BCUT2D eigenvalue weighted by molar-refractivity contribution is 5.96. The van der Waals surface area contributed by atoms with E-state index in [9.17, 15) is 14.9 Å². The van der Waals surface area contributed by atoms with E-state index in [1.165, 1.54) is 6.07 Å². The third-order valence-electron chi connectivity index (χ3n) is 2.54. The van der Waals surface area contributed by atoms with Crippen molar-refractivity contribution in [2.45, 2.75) is 32.7 Å². The molecule has 0 aliphatic heterocycles. The fraction of sp³-hybridized carbons (Fsp3) is 0.417. The van der Waals surface area contributed by atoms with E-state index in [0.717, 1.165) is 12.0 Å². The average molecular weight is 251 g/mol. The van der Waals surface area contributed by atoms with Crippen molar-refractivity contribution in [1.82, 2.24) is 0 Å². The Kier molecular flexibility index (Phi) is 4.79. The number of nitro groups is 1. The van der Waals surface area contributed by atoms with Crippen LogP contribution in [0.1, 0.15) is 25.3 Å². The van der Waals surface area contributed by atoms with Crippen LogP contribution in [0, 0.1) is 17.0 Å². The Morgan fingerprint density at radius 1 is 1.56 bits per heavy atom. The summed E-state index contributed by atoms with van der Waals surface area (Å²) in [5, 5.41) is 13.3. The van der Waals surface area contributed by atoms with Crippen molar-refractivity contribution in [2.24, 2.45) is 5.73 Å². The second-order valence-corrected chi connectivity index (χ2v) is 4.16. The van der Waals surface area contributed by atoms with Gasteiger partial charge in [0, 0.05) is 6.07 Å². The van der Waals surface area contributed by atoms with Gasteiger partial charge in [0.1, 0.15) is 5.69 Å². The first-order chi connectivity index (χ1) is 8.45. The Labute approximate surface area is 105 Å². The maximum atomic E-state index is 11.7. The van der Waals surface area contributed by atoms with Crippen molar-refractivity contribution in [2.75, 3.05) is 5.32 Å². The van der Waals surface area contributed by atoms with E-state index in [2.05, 4.69) is 5.32 Å². The molecule has 0 bridgehead atoms. The smallest absolute Gasteiger partial charge is 0.292 e. The number of nitrogens with zero attached hydrogens (tertiary/aromatic N) is 1. The lowest BCUT2D eigenvalue weighted by Crippen LogP contribution is -2.35. The summed E-state index contributed by atoms with van der Waals surface area (Å²) < 4.78 is 0. The molecule has 0 saturated carbocycles. The van der Waals surface area contributed by atoms with Crippen LogP contribution in [-0.2, 0) is 4.79 Å². The summed E-state index contributed by atoms with van der Waals surface area (Å²) >= 11 is 0. The highest BCUT2D eigenvalue weighted by Gasteiger charge is 2.18. The highest BCUT2D eigenvalue weighted by Crippen LogP contribution is 2.25. The van der Waals surface area contributed by atoms with Gasteiger partial charge in [-0.15, -0.1) is 0 Å². The molecule has 0 aliphatic carbocycles. The predicted molar refractivity (Wildman–Crippen MR) is 69.3 cm³/mol. The lowest BCUT2D eigenvalue weighted by molar-refractivity contribution is -0.383. The number of nitrogens with one attached hydrogen (secondary N) is 1. The Morgan fingerprint density at radius 2 is 2.22 bits per heavy atom. The molecule has 6 nitrogen and oxygen atoms in total. The van der Waals surface area contributed by atoms with Gasteiger partial charge in [0.2, 0.25) is 5.91 Å². The molecule has 0 heterocycles. The van der Waals surface area contributed by atoms with Gasteiger partial charge in [-0.1, -0.05) is 19.4 Å². The molecule has 0 aromatic heterocycles. The van der Waals surface area contributed by atoms with Crippen LogP contribution in [0.3, 0.4) is 0 Å². The zero-order valence-corrected chi connectivity index (χ0v) is 10.5. The average Bonchev–Trinajstić information content (AvgIpc) is 2.28. The van der Waals surface area contributed by atoms with E-state index >= 15 is 0 Å². The molecule has 1 aromatic rings. The standard InChI is InChI=1S/C12H17N3O3/c1-3-4-9(13)12(16)14-10-7-8(2)5-6-11(10)15(17)18/h5-7,9H,3-4,13H2,1-2H3,(H,14,16). The molecule has 18 heavy (non-hydrogen) atoms. The number of aryl methyl sites for hydroxylation is 1. The van der Waals surface area contributed by atoms with Gasteiger partial charge >= 0.3 is 0 Å². The van der Waals surface area contributed by atoms with Crippen LogP contribution in [-0.4, -0.2) is 16.9 Å². The van der Waals surface area contributed by atoms with E-state index < -0.39 is 16.9 Å². The largest absolute Gasteiger partial charge is 0.320 e. The minimum atomic E-state index is -0.643. The van der Waals surface area contributed by atoms with Crippen molar-refractivity contribution < 1.29 is 9.72 Å². The first kappa shape index (κ1) is 14.1. The molecule has 0 radical (unpaired) electrons. The van der Waals surface area contributed by atoms with E-state index in [0.29, 0.717) is 6.42 Å². The van der Waals surface area contributed by atoms with Crippen molar-refractivity contribution in [1.29, 1.82) is 0 Å². The summed E-state index contributed by atoms with van der Waals surface area (Å²) in [6.45, 7) is 3.72. The summed E-state index contributed by atoms with van der Waals surface area (Å²) in [6.07, 6.45) is 1.33. The van der Waals surface area contributed by atoms with Crippen LogP contribution in [0.15, 0.2) is 18.2 Å². The first-order valence-electron chi connectivity index (χ1n) is 5.77. The molecule has 0 spiro atoms. The number of amides is 1. The quantitative estimate of drug-likeness (QED) is 0.617. The molecule has 1 atom stereocenters. The number of hydrogen-bond donors (Lipinski definition) is 2. The van der Waals surface area contributed by atoms with Crippen LogP contribution in [0.4, 0.5) is 11.4 Å². The lowest BCUT2D eigenvalue weighted by atomic mass is 10.1. The van der Waals surface area contributed by atoms with Gasteiger partial charge in [-0.2, -0.15) is 0 Å². The molecule has 98 valence electrons. The number of carbonyl (C=O) groups is 1. The van der Waals surface area contributed by atoms with Crippen LogP contribution in [0.2, 0.25) is 0 Å². The lowest BCUT2D eigenvalue weighted by Gasteiger charge is -2.11. The van der Waals surface area contributed by atoms with E-state index in [-0.39, 0.29) is 11.4 Å². The second kappa shape index (κ2) is 6.11. The number of carbonyl (C=O) groups excluding carboxylic acids is 1. The maximum absolute atomic E-state index is 11.7. The minimum Gasteiger partial charge on any atom is -0.320 e. The molecule has 6 heteroatoms. The van der Waals surface area contributed by atoms with E-state index in [1.54, 1.807) is 19.1 Å². The molecule has 1 rings (SSSR count). The molecule has 1 aromatic carbocycles. The Morgan fingerprint density at radius 3 is 2.78 bits per heavy atom. The topological polar surface area (TPSA) is 98.3 Å². The molecule has 0 aliphatic rings. The van der Waals surface area contributed by atoms with E-state index in [4.69, 9.17) is 5.73 Å². The number of nitrogens with two attached hydrogens (primary N) is 1. The predicted octanol–water partition coefficient (Wildman–Crippen LogP) is 1.97.